The Kier molecular flexibility index (Phi) is 4.86. The molecule has 4 rings (SSSR count). The standard InChI is InChI=1S/C22H23N3O3/c1-24-18-11-4-5-12-19(18)25(22(28)21(24)27)14-13-20(26)23-17-10-6-8-15-7-2-3-9-16(15)17/h2-5,7,9,11-12,17H,6,8,10,13-14H2,1H3,(H,23,26). The fourth-order valence-electron chi connectivity index (χ4n) is 4.06. The van der Waals surface area contributed by atoms with Crippen molar-refractivity contribution in [1.82, 2.24) is 14.5 Å². The molecule has 0 saturated carbocycles. The summed E-state index contributed by atoms with van der Waals surface area (Å²) in [6, 6.07) is 15.4. The van der Waals surface area contributed by atoms with E-state index in [2.05, 4.69) is 17.4 Å². The lowest BCUT2D eigenvalue weighted by atomic mass is 9.88. The number of carbonyl (C=O) groups is 1. The lowest BCUT2D eigenvalue weighted by Crippen LogP contribution is -2.41. The molecule has 0 saturated heterocycles. The quantitative estimate of drug-likeness (QED) is 0.709. The Morgan fingerprint density at radius 2 is 1.75 bits per heavy atom. The number of aryl methyl sites for hydroxylation is 3. The molecule has 1 aliphatic carbocycles. The number of para-hydroxylation sites is 2. The summed E-state index contributed by atoms with van der Waals surface area (Å²) in [5, 5.41) is 3.10. The van der Waals surface area contributed by atoms with Crippen LogP contribution in [-0.4, -0.2) is 15.0 Å². The van der Waals surface area contributed by atoms with Gasteiger partial charge in [-0.1, -0.05) is 36.4 Å². The molecular weight excluding hydrogens is 354 g/mol. The van der Waals surface area contributed by atoms with Gasteiger partial charge >= 0.3 is 11.1 Å². The van der Waals surface area contributed by atoms with Crippen molar-refractivity contribution in [2.75, 3.05) is 0 Å². The predicted molar refractivity (Wildman–Crippen MR) is 108 cm³/mol. The summed E-state index contributed by atoms with van der Waals surface area (Å²) >= 11 is 0. The number of amides is 1. The maximum Gasteiger partial charge on any atom is 0.316 e. The van der Waals surface area contributed by atoms with E-state index in [1.807, 2.05) is 24.3 Å². The van der Waals surface area contributed by atoms with Gasteiger partial charge in [0.25, 0.3) is 0 Å². The van der Waals surface area contributed by atoms with E-state index in [0.717, 1.165) is 19.3 Å². The van der Waals surface area contributed by atoms with Crippen LogP contribution in [0, 0.1) is 0 Å². The molecule has 1 N–H and O–H groups in total. The van der Waals surface area contributed by atoms with Gasteiger partial charge in [-0.25, -0.2) is 0 Å². The highest BCUT2D eigenvalue weighted by Crippen LogP contribution is 2.29. The molecule has 28 heavy (non-hydrogen) atoms. The lowest BCUT2D eigenvalue weighted by Gasteiger charge is -2.26. The van der Waals surface area contributed by atoms with Crippen LogP contribution < -0.4 is 16.4 Å². The molecule has 0 spiro atoms. The van der Waals surface area contributed by atoms with E-state index in [9.17, 15) is 14.4 Å². The van der Waals surface area contributed by atoms with Crippen molar-refractivity contribution in [2.24, 2.45) is 7.05 Å². The first-order valence-corrected chi connectivity index (χ1v) is 9.62. The van der Waals surface area contributed by atoms with E-state index < -0.39 is 11.1 Å². The number of nitrogens with zero attached hydrogens (tertiary/aromatic N) is 2. The Morgan fingerprint density at radius 1 is 1.04 bits per heavy atom. The van der Waals surface area contributed by atoms with E-state index in [1.54, 1.807) is 19.2 Å². The van der Waals surface area contributed by atoms with Gasteiger partial charge in [0.05, 0.1) is 17.1 Å². The summed E-state index contributed by atoms with van der Waals surface area (Å²) < 4.78 is 2.76. The van der Waals surface area contributed by atoms with Gasteiger partial charge in [0.15, 0.2) is 0 Å². The number of rotatable bonds is 4. The Morgan fingerprint density at radius 3 is 2.57 bits per heavy atom. The average Bonchev–Trinajstić information content (AvgIpc) is 2.72. The van der Waals surface area contributed by atoms with Gasteiger partial charge in [0.1, 0.15) is 0 Å². The maximum atomic E-state index is 12.6. The minimum absolute atomic E-state index is 0.00885. The van der Waals surface area contributed by atoms with E-state index in [-0.39, 0.29) is 24.9 Å². The SMILES string of the molecule is Cn1c(=O)c(=O)n(CCC(=O)NC2CCCc3ccccc32)c2ccccc21. The Labute approximate surface area is 162 Å². The second kappa shape index (κ2) is 7.46. The van der Waals surface area contributed by atoms with Crippen molar-refractivity contribution in [2.45, 2.75) is 38.3 Å². The van der Waals surface area contributed by atoms with Crippen molar-refractivity contribution in [3.8, 4) is 0 Å². The van der Waals surface area contributed by atoms with Gasteiger partial charge in [-0.05, 0) is 42.5 Å². The maximum absolute atomic E-state index is 12.6. The van der Waals surface area contributed by atoms with Crippen LogP contribution >= 0.6 is 0 Å². The summed E-state index contributed by atoms with van der Waals surface area (Å²) in [5.41, 5.74) is 2.61. The summed E-state index contributed by atoms with van der Waals surface area (Å²) in [6.45, 7) is 0.176. The normalized spacial score (nSPS) is 16.0. The summed E-state index contributed by atoms with van der Waals surface area (Å²) in [5.74, 6) is -0.113. The Hall–Kier alpha value is -3.15. The summed E-state index contributed by atoms with van der Waals surface area (Å²) in [6.07, 6.45) is 3.14. The molecule has 0 aliphatic heterocycles. The molecule has 1 amide bonds. The van der Waals surface area contributed by atoms with Gasteiger partial charge in [-0.2, -0.15) is 0 Å². The molecule has 3 aromatic rings. The smallest absolute Gasteiger partial charge is 0.316 e. The third-order valence-electron chi connectivity index (χ3n) is 5.53. The van der Waals surface area contributed by atoms with Crippen LogP contribution in [0.2, 0.25) is 0 Å². The first kappa shape index (κ1) is 18.2. The largest absolute Gasteiger partial charge is 0.349 e. The van der Waals surface area contributed by atoms with Crippen molar-refractivity contribution in [1.29, 1.82) is 0 Å². The third-order valence-corrected chi connectivity index (χ3v) is 5.53. The number of benzene rings is 2. The van der Waals surface area contributed by atoms with Gasteiger partial charge in [0, 0.05) is 20.0 Å². The predicted octanol–water partition coefficient (Wildman–Crippen LogP) is 2.28. The van der Waals surface area contributed by atoms with Crippen LogP contribution in [0.1, 0.15) is 36.4 Å². The molecule has 1 aliphatic rings. The fraction of sp³-hybridized carbons (Fsp3) is 0.318. The fourth-order valence-corrected chi connectivity index (χ4v) is 4.06. The van der Waals surface area contributed by atoms with E-state index in [0.29, 0.717) is 11.0 Å². The zero-order chi connectivity index (χ0) is 19.7. The van der Waals surface area contributed by atoms with Crippen molar-refractivity contribution >= 4 is 16.9 Å². The van der Waals surface area contributed by atoms with E-state index in [1.165, 1.54) is 20.3 Å². The van der Waals surface area contributed by atoms with Crippen LogP contribution in [0.4, 0.5) is 0 Å². The number of carbonyl (C=O) groups excluding carboxylic acids is 1. The molecule has 0 bridgehead atoms. The Balaban J connectivity index is 1.54. The van der Waals surface area contributed by atoms with Crippen LogP contribution in [0.25, 0.3) is 11.0 Å². The van der Waals surface area contributed by atoms with Gasteiger partial charge < -0.3 is 14.5 Å². The molecule has 6 nitrogen and oxygen atoms in total. The van der Waals surface area contributed by atoms with Gasteiger partial charge in [0.2, 0.25) is 5.91 Å². The molecule has 6 heteroatoms. The Bertz CT molecular complexity index is 1160. The van der Waals surface area contributed by atoms with Gasteiger partial charge in [-0.3, -0.25) is 14.4 Å². The van der Waals surface area contributed by atoms with Crippen molar-refractivity contribution in [3.63, 3.8) is 0 Å². The molecule has 1 heterocycles. The highest BCUT2D eigenvalue weighted by Gasteiger charge is 2.21. The molecule has 0 radical (unpaired) electrons. The molecular formula is C22H23N3O3. The molecule has 1 aromatic heterocycles. The topological polar surface area (TPSA) is 73.1 Å². The first-order chi connectivity index (χ1) is 13.6. The zero-order valence-electron chi connectivity index (χ0n) is 15.9. The van der Waals surface area contributed by atoms with E-state index >= 15 is 0 Å². The third kappa shape index (κ3) is 3.26. The minimum atomic E-state index is -0.600. The molecule has 2 aromatic carbocycles. The molecule has 0 fully saturated rings. The summed E-state index contributed by atoms with van der Waals surface area (Å²) in [7, 11) is 1.59. The molecule has 1 unspecified atom stereocenters. The monoisotopic (exact) mass is 377 g/mol. The number of hydrogen-bond donors (Lipinski definition) is 1. The van der Waals surface area contributed by atoms with E-state index in [4.69, 9.17) is 0 Å². The van der Waals surface area contributed by atoms with Crippen LogP contribution in [0.3, 0.4) is 0 Å². The second-order valence-electron chi connectivity index (χ2n) is 7.27. The highest BCUT2D eigenvalue weighted by molar-refractivity contribution is 5.78. The number of aromatic nitrogens is 2. The first-order valence-electron chi connectivity index (χ1n) is 9.62. The second-order valence-corrected chi connectivity index (χ2v) is 7.27. The van der Waals surface area contributed by atoms with Gasteiger partial charge in [-0.15, -0.1) is 0 Å². The van der Waals surface area contributed by atoms with Crippen molar-refractivity contribution < 1.29 is 4.79 Å². The minimum Gasteiger partial charge on any atom is -0.349 e. The highest BCUT2D eigenvalue weighted by atomic mass is 16.2. The number of fused-ring (bicyclic) bond motifs is 2. The lowest BCUT2D eigenvalue weighted by molar-refractivity contribution is -0.122. The zero-order valence-corrected chi connectivity index (χ0v) is 15.9. The average molecular weight is 377 g/mol. The van der Waals surface area contributed by atoms with Crippen LogP contribution in [0.5, 0.6) is 0 Å². The van der Waals surface area contributed by atoms with Crippen LogP contribution in [0.15, 0.2) is 58.1 Å². The number of nitrogens with one attached hydrogen (secondary N) is 1. The van der Waals surface area contributed by atoms with Crippen molar-refractivity contribution in [3.05, 3.63) is 80.4 Å². The number of hydrogen-bond acceptors (Lipinski definition) is 3. The molecule has 1 atom stereocenters. The molecule has 144 valence electrons. The summed E-state index contributed by atoms with van der Waals surface area (Å²) in [4.78, 5) is 37.3. The van der Waals surface area contributed by atoms with Crippen LogP contribution in [-0.2, 0) is 24.8 Å².